The minimum Gasteiger partial charge on any atom is -0.304 e. The molecule has 0 aliphatic carbocycles. The number of nitrogens with zero attached hydrogens (tertiary/aromatic N) is 2. The van der Waals surface area contributed by atoms with Crippen LogP contribution in [0.1, 0.15) is 41.9 Å². The number of rotatable bonds is 5. The molecule has 0 spiro atoms. The van der Waals surface area contributed by atoms with Gasteiger partial charge in [-0.1, -0.05) is 31.2 Å². The third kappa shape index (κ3) is 3.38. The van der Waals surface area contributed by atoms with Crippen molar-refractivity contribution in [2.75, 3.05) is 6.54 Å². The minimum atomic E-state index is 0.0711. The maximum absolute atomic E-state index is 4.48. The largest absolute Gasteiger partial charge is 0.304 e. The lowest BCUT2D eigenvalue weighted by Crippen LogP contribution is -2.25. The first-order valence-corrected chi connectivity index (χ1v) is 6.79. The topological polar surface area (TPSA) is 37.8 Å². The van der Waals surface area contributed by atoms with Crippen LogP contribution in [0.15, 0.2) is 36.7 Å². The van der Waals surface area contributed by atoms with Crippen molar-refractivity contribution in [3.05, 3.63) is 59.2 Å². The van der Waals surface area contributed by atoms with Crippen molar-refractivity contribution in [2.45, 2.75) is 33.2 Å². The van der Waals surface area contributed by atoms with Crippen molar-refractivity contribution in [3.8, 4) is 0 Å². The average Bonchev–Trinajstić information content (AvgIpc) is 2.43. The van der Waals surface area contributed by atoms with Crippen LogP contribution in [0.4, 0.5) is 0 Å². The van der Waals surface area contributed by atoms with Crippen molar-refractivity contribution < 1.29 is 0 Å². The fourth-order valence-corrected chi connectivity index (χ4v) is 2.09. The number of hydrogen-bond donors (Lipinski definition) is 1. The van der Waals surface area contributed by atoms with Gasteiger partial charge in [0.15, 0.2) is 0 Å². The van der Waals surface area contributed by atoms with Crippen LogP contribution < -0.4 is 5.32 Å². The third-order valence-corrected chi connectivity index (χ3v) is 3.16. The van der Waals surface area contributed by atoms with E-state index in [1.165, 1.54) is 11.1 Å². The fraction of sp³-hybridized carbons (Fsp3) is 0.375. The van der Waals surface area contributed by atoms with Crippen LogP contribution in [0.2, 0.25) is 0 Å². The molecule has 1 heterocycles. The van der Waals surface area contributed by atoms with Crippen molar-refractivity contribution in [1.29, 1.82) is 0 Å². The zero-order valence-corrected chi connectivity index (χ0v) is 11.9. The fourth-order valence-electron chi connectivity index (χ4n) is 2.09. The van der Waals surface area contributed by atoms with Crippen LogP contribution in [0.5, 0.6) is 0 Å². The van der Waals surface area contributed by atoms with E-state index in [2.05, 4.69) is 53.4 Å². The highest BCUT2D eigenvalue weighted by Gasteiger charge is 2.17. The second-order valence-corrected chi connectivity index (χ2v) is 4.86. The first-order valence-electron chi connectivity index (χ1n) is 6.79. The lowest BCUT2D eigenvalue weighted by Gasteiger charge is -2.19. The van der Waals surface area contributed by atoms with Crippen LogP contribution in [0.3, 0.4) is 0 Å². The van der Waals surface area contributed by atoms with Crippen LogP contribution in [0.25, 0.3) is 0 Å². The van der Waals surface area contributed by atoms with E-state index in [-0.39, 0.29) is 6.04 Å². The van der Waals surface area contributed by atoms with Crippen LogP contribution in [0, 0.1) is 13.8 Å². The molecule has 0 amide bonds. The molecule has 1 N–H and O–H groups in total. The maximum Gasteiger partial charge on any atom is 0.149 e. The Morgan fingerprint density at radius 3 is 2.42 bits per heavy atom. The van der Waals surface area contributed by atoms with E-state index in [9.17, 15) is 0 Å². The van der Waals surface area contributed by atoms with Gasteiger partial charge >= 0.3 is 0 Å². The van der Waals surface area contributed by atoms with E-state index in [1.54, 1.807) is 0 Å². The summed E-state index contributed by atoms with van der Waals surface area (Å²) in [5.74, 6) is 0.841. The summed E-state index contributed by atoms with van der Waals surface area (Å²) in [4.78, 5) is 8.95. The summed E-state index contributed by atoms with van der Waals surface area (Å²) in [6.07, 6.45) is 4.84. The third-order valence-electron chi connectivity index (χ3n) is 3.16. The average molecular weight is 255 g/mol. The number of nitrogens with one attached hydrogen (secondary N) is 1. The van der Waals surface area contributed by atoms with Crippen molar-refractivity contribution in [2.24, 2.45) is 0 Å². The summed E-state index contributed by atoms with van der Waals surface area (Å²) in [7, 11) is 0. The molecule has 19 heavy (non-hydrogen) atoms. The van der Waals surface area contributed by atoms with E-state index < -0.39 is 0 Å². The molecule has 0 bridgehead atoms. The molecule has 0 saturated carbocycles. The molecule has 1 atom stereocenters. The van der Waals surface area contributed by atoms with Crippen LogP contribution >= 0.6 is 0 Å². The summed E-state index contributed by atoms with van der Waals surface area (Å²) in [5.41, 5.74) is 3.60. The molecular weight excluding hydrogens is 234 g/mol. The zero-order chi connectivity index (χ0) is 13.7. The van der Waals surface area contributed by atoms with E-state index in [0.29, 0.717) is 0 Å². The van der Waals surface area contributed by atoms with Crippen LogP contribution in [-0.2, 0) is 0 Å². The van der Waals surface area contributed by atoms with E-state index >= 15 is 0 Å². The van der Waals surface area contributed by atoms with Gasteiger partial charge in [-0.25, -0.2) is 9.97 Å². The van der Waals surface area contributed by atoms with E-state index in [1.807, 2.05) is 19.3 Å². The summed E-state index contributed by atoms with van der Waals surface area (Å²) in [6, 6.07) is 8.47. The van der Waals surface area contributed by atoms with Gasteiger partial charge in [-0.15, -0.1) is 0 Å². The molecule has 0 fully saturated rings. The summed E-state index contributed by atoms with van der Waals surface area (Å²) in [6.45, 7) is 7.25. The van der Waals surface area contributed by atoms with Crippen molar-refractivity contribution in [1.82, 2.24) is 15.3 Å². The molecule has 3 nitrogen and oxygen atoms in total. The Labute approximate surface area is 115 Å². The van der Waals surface area contributed by atoms with Crippen LogP contribution in [-0.4, -0.2) is 16.5 Å². The van der Waals surface area contributed by atoms with Gasteiger partial charge in [0.1, 0.15) is 5.82 Å². The molecule has 0 radical (unpaired) electrons. The Morgan fingerprint density at radius 2 is 1.79 bits per heavy atom. The van der Waals surface area contributed by atoms with Gasteiger partial charge in [0.25, 0.3) is 0 Å². The van der Waals surface area contributed by atoms with Crippen molar-refractivity contribution >= 4 is 0 Å². The highest BCUT2D eigenvalue weighted by molar-refractivity contribution is 5.32. The first-order chi connectivity index (χ1) is 9.22. The molecule has 1 aromatic heterocycles. The molecule has 1 unspecified atom stereocenters. The summed E-state index contributed by atoms with van der Waals surface area (Å²) < 4.78 is 0. The number of hydrogen-bond acceptors (Lipinski definition) is 3. The predicted molar refractivity (Wildman–Crippen MR) is 78.1 cm³/mol. The predicted octanol–water partition coefficient (Wildman–Crippen LogP) is 3.18. The summed E-state index contributed by atoms with van der Waals surface area (Å²) in [5, 5.41) is 3.54. The molecule has 100 valence electrons. The molecule has 1 aromatic carbocycles. The Morgan fingerprint density at radius 1 is 1.11 bits per heavy atom. The van der Waals surface area contributed by atoms with Gasteiger partial charge in [-0.3, -0.25) is 0 Å². The molecule has 0 aliphatic rings. The van der Waals surface area contributed by atoms with Gasteiger partial charge in [0, 0.05) is 12.4 Å². The minimum absolute atomic E-state index is 0.0711. The first kappa shape index (κ1) is 13.7. The highest BCUT2D eigenvalue weighted by Crippen LogP contribution is 2.22. The monoisotopic (exact) mass is 255 g/mol. The van der Waals surface area contributed by atoms with E-state index in [0.717, 1.165) is 24.4 Å². The number of aryl methyl sites for hydroxylation is 2. The Balaban J connectivity index is 2.35. The van der Waals surface area contributed by atoms with E-state index in [4.69, 9.17) is 0 Å². The second kappa shape index (κ2) is 6.43. The Hall–Kier alpha value is -1.74. The van der Waals surface area contributed by atoms with Gasteiger partial charge in [0.05, 0.1) is 6.04 Å². The second-order valence-electron chi connectivity index (χ2n) is 4.86. The molecule has 2 aromatic rings. The van der Waals surface area contributed by atoms with Gasteiger partial charge in [-0.2, -0.15) is 0 Å². The Kier molecular flexibility index (Phi) is 4.63. The molecule has 2 rings (SSSR count). The lowest BCUT2D eigenvalue weighted by molar-refractivity contribution is 0.569. The lowest BCUT2D eigenvalue weighted by atomic mass is 10.0. The van der Waals surface area contributed by atoms with Gasteiger partial charge < -0.3 is 5.32 Å². The standard InChI is InChI=1S/C16H21N3/c1-4-9-17-15(14-8-6-5-7-13(14)3)16-18-10-12(2)11-19-16/h5-8,10-11,15,17H,4,9H2,1-3H3. The molecule has 3 heteroatoms. The maximum atomic E-state index is 4.48. The normalized spacial score (nSPS) is 12.4. The summed E-state index contributed by atoms with van der Waals surface area (Å²) >= 11 is 0. The number of benzene rings is 1. The molecule has 0 saturated heterocycles. The molecular formula is C16H21N3. The number of aromatic nitrogens is 2. The van der Waals surface area contributed by atoms with Crippen molar-refractivity contribution in [3.63, 3.8) is 0 Å². The highest BCUT2D eigenvalue weighted by atomic mass is 15.0. The zero-order valence-electron chi connectivity index (χ0n) is 11.9. The molecule has 0 aliphatic heterocycles. The van der Waals surface area contributed by atoms with Gasteiger partial charge in [0.2, 0.25) is 0 Å². The Bertz CT molecular complexity index is 520. The smallest absolute Gasteiger partial charge is 0.149 e. The quantitative estimate of drug-likeness (QED) is 0.891. The SMILES string of the molecule is CCCNC(c1ncc(C)cn1)c1ccccc1C. The van der Waals surface area contributed by atoms with Gasteiger partial charge in [-0.05, 0) is 43.5 Å².